The molecule has 0 aliphatic rings. The van der Waals surface area contributed by atoms with Crippen molar-refractivity contribution in [2.75, 3.05) is 0 Å². The topological polar surface area (TPSA) is 25.8 Å². The van der Waals surface area contributed by atoms with Crippen molar-refractivity contribution in [3.63, 3.8) is 0 Å². The Morgan fingerprint density at radius 3 is 2.69 bits per heavy atom. The molecule has 0 N–H and O–H groups in total. The van der Waals surface area contributed by atoms with Gasteiger partial charge in [-0.2, -0.15) is 0 Å². The highest BCUT2D eigenvalue weighted by molar-refractivity contribution is 6.37. The van der Waals surface area contributed by atoms with Crippen molar-refractivity contribution in [1.29, 1.82) is 0 Å². The van der Waals surface area contributed by atoms with Gasteiger partial charge in [-0.25, -0.2) is 0 Å². The minimum Gasteiger partial charge on any atom is -0.256 e. The fourth-order valence-corrected chi connectivity index (χ4v) is 2.17. The van der Waals surface area contributed by atoms with Crippen molar-refractivity contribution in [2.24, 2.45) is 0 Å². The van der Waals surface area contributed by atoms with Gasteiger partial charge in [0.25, 0.3) is 0 Å². The van der Waals surface area contributed by atoms with Crippen LogP contribution in [0.2, 0.25) is 5.02 Å². The van der Waals surface area contributed by atoms with E-state index in [1.807, 2.05) is 37.3 Å². The van der Waals surface area contributed by atoms with Gasteiger partial charge in [0, 0.05) is 22.7 Å². The van der Waals surface area contributed by atoms with Crippen molar-refractivity contribution >= 4 is 33.4 Å². The van der Waals surface area contributed by atoms with Crippen LogP contribution < -0.4 is 0 Å². The molecule has 0 fully saturated rings. The molecule has 0 bridgehead atoms. The molecule has 3 heteroatoms. The van der Waals surface area contributed by atoms with E-state index in [2.05, 4.69) is 9.97 Å². The summed E-state index contributed by atoms with van der Waals surface area (Å²) < 4.78 is 0. The average Bonchev–Trinajstić information content (AvgIpc) is 2.29. The van der Waals surface area contributed by atoms with E-state index in [0.29, 0.717) is 0 Å². The van der Waals surface area contributed by atoms with Crippen LogP contribution in [0.5, 0.6) is 0 Å². The number of hydrogen-bond donors (Lipinski definition) is 0. The Balaban J connectivity index is 2.58. The van der Waals surface area contributed by atoms with Crippen molar-refractivity contribution < 1.29 is 0 Å². The van der Waals surface area contributed by atoms with Gasteiger partial charge in [-0.1, -0.05) is 17.7 Å². The highest BCUT2D eigenvalue weighted by Crippen LogP contribution is 2.28. The van der Waals surface area contributed by atoms with E-state index in [9.17, 15) is 0 Å². The first kappa shape index (κ1) is 9.55. The van der Waals surface area contributed by atoms with Crippen molar-refractivity contribution in [3.05, 3.63) is 47.2 Å². The molecule has 0 spiro atoms. The summed E-state index contributed by atoms with van der Waals surface area (Å²) in [4.78, 5) is 8.78. The Bertz CT molecular complexity index is 692. The summed E-state index contributed by atoms with van der Waals surface area (Å²) >= 11 is 6.21. The Morgan fingerprint density at radius 1 is 1.00 bits per heavy atom. The summed E-state index contributed by atoms with van der Waals surface area (Å²) in [5.74, 6) is 0. The van der Waals surface area contributed by atoms with E-state index in [1.165, 1.54) is 0 Å². The van der Waals surface area contributed by atoms with Crippen LogP contribution in [0.25, 0.3) is 21.8 Å². The van der Waals surface area contributed by atoms with Crippen LogP contribution in [0.3, 0.4) is 0 Å². The zero-order chi connectivity index (χ0) is 11.1. The third-order valence-electron chi connectivity index (χ3n) is 2.66. The van der Waals surface area contributed by atoms with Gasteiger partial charge >= 0.3 is 0 Å². The van der Waals surface area contributed by atoms with Crippen LogP contribution in [-0.4, -0.2) is 9.97 Å². The van der Waals surface area contributed by atoms with E-state index in [-0.39, 0.29) is 0 Å². The molecule has 2 aromatic heterocycles. The maximum atomic E-state index is 6.21. The van der Waals surface area contributed by atoms with Crippen LogP contribution in [0, 0.1) is 6.92 Å². The van der Waals surface area contributed by atoms with Gasteiger partial charge in [0.05, 0.1) is 16.1 Å². The van der Waals surface area contributed by atoms with Gasteiger partial charge in [0.1, 0.15) is 0 Å². The molecule has 0 aliphatic heterocycles. The molecule has 0 radical (unpaired) electrons. The molecule has 2 nitrogen and oxygen atoms in total. The molecule has 0 aliphatic carbocycles. The predicted molar refractivity (Wildman–Crippen MR) is 66.8 cm³/mol. The van der Waals surface area contributed by atoms with E-state index in [1.54, 1.807) is 6.20 Å². The Labute approximate surface area is 97.9 Å². The average molecular weight is 229 g/mol. The van der Waals surface area contributed by atoms with Gasteiger partial charge in [0.15, 0.2) is 0 Å². The standard InChI is InChI=1S/C13H9ClN2/c1-8-2-3-9-11(16-8)4-5-12-13(9)10(14)6-7-15-12/h2-7H,1H3. The fourth-order valence-electron chi connectivity index (χ4n) is 1.92. The van der Waals surface area contributed by atoms with E-state index >= 15 is 0 Å². The molecular weight excluding hydrogens is 220 g/mol. The van der Waals surface area contributed by atoms with Crippen molar-refractivity contribution in [3.8, 4) is 0 Å². The van der Waals surface area contributed by atoms with Crippen molar-refractivity contribution in [2.45, 2.75) is 6.92 Å². The van der Waals surface area contributed by atoms with Gasteiger partial charge in [-0.05, 0) is 31.2 Å². The number of benzene rings is 1. The first-order valence-corrected chi connectivity index (χ1v) is 5.44. The van der Waals surface area contributed by atoms with Crippen LogP contribution in [-0.2, 0) is 0 Å². The normalized spacial score (nSPS) is 11.1. The zero-order valence-corrected chi connectivity index (χ0v) is 9.49. The minimum absolute atomic E-state index is 0.723. The van der Waals surface area contributed by atoms with Crippen molar-refractivity contribution in [1.82, 2.24) is 9.97 Å². The first-order valence-electron chi connectivity index (χ1n) is 5.06. The Hall–Kier alpha value is -1.67. The lowest BCUT2D eigenvalue weighted by molar-refractivity contribution is 1.26. The molecular formula is C13H9ClN2. The lowest BCUT2D eigenvalue weighted by Gasteiger charge is -2.04. The summed E-state index contributed by atoms with van der Waals surface area (Å²) in [5, 5.41) is 2.76. The van der Waals surface area contributed by atoms with Crippen LogP contribution >= 0.6 is 11.6 Å². The monoisotopic (exact) mass is 228 g/mol. The summed E-state index contributed by atoms with van der Waals surface area (Å²) in [6.45, 7) is 1.98. The number of rotatable bonds is 0. The second kappa shape index (κ2) is 3.42. The number of aromatic nitrogens is 2. The molecule has 0 saturated heterocycles. The summed E-state index contributed by atoms with van der Waals surface area (Å²) in [6.07, 6.45) is 1.72. The number of pyridine rings is 2. The van der Waals surface area contributed by atoms with Crippen LogP contribution in [0.15, 0.2) is 36.5 Å². The molecule has 3 aromatic rings. The maximum Gasteiger partial charge on any atom is 0.0724 e. The molecule has 78 valence electrons. The molecule has 2 heterocycles. The number of fused-ring (bicyclic) bond motifs is 3. The highest BCUT2D eigenvalue weighted by atomic mass is 35.5. The summed E-state index contributed by atoms with van der Waals surface area (Å²) in [7, 11) is 0. The lowest BCUT2D eigenvalue weighted by Crippen LogP contribution is -1.86. The first-order chi connectivity index (χ1) is 7.75. The second-order valence-corrected chi connectivity index (χ2v) is 4.18. The molecule has 3 rings (SSSR count). The predicted octanol–water partition coefficient (Wildman–Crippen LogP) is 3.74. The quantitative estimate of drug-likeness (QED) is 0.548. The summed E-state index contributed by atoms with van der Waals surface area (Å²) in [6, 6.07) is 9.78. The van der Waals surface area contributed by atoms with E-state index in [4.69, 9.17) is 11.6 Å². The third kappa shape index (κ3) is 1.34. The molecule has 0 atom stereocenters. The number of halogens is 1. The van der Waals surface area contributed by atoms with Gasteiger partial charge in [-0.15, -0.1) is 0 Å². The molecule has 16 heavy (non-hydrogen) atoms. The number of aryl methyl sites for hydroxylation is 1. The minimum atomic E-state index is 0.723. The van der Waals surface area contributed by atoms with Gasteiger partial charge in [-0.3, -0.25) is 9.97 Å². The van der Waals surface area contributed by atoms with Gasteiger partial charge < -0.3 is 0 Å². The number of nitrogens with zero attached hydrogens (tertiary/aromatic N) is 2. The largest absolute Gasteiger partial charge is 0.256 e. The second-order valence-electron chi connectivity index (χ2n) is 3.77. The molecule has 1 aromatic carbocycles. The molecule has 0 unspecified atom stereocenters. The summed E-state index contributed by atoms with van der Waals surface area (Å²) in [5.41, 5.74) is 2.87. The van der Waals surface area contributed by atoms with Crippen LogP contribution in [0.4, 0.5) is 0 Å². The maximum absolute atomic E-state index is 6.21. The Kier molecular flexibility index (Phi) is 2.04. The highest BCUT2D eigenvalue weighted by Gasteiger charge is 2.05. The Morgan fingerprint density at radius 2 is 1.81 bits per heavy atom. The third-order valence-corrected chi connectivity index (χ3v) is 2.98. The van der Waals surface area contributed by atoms with E-state index < -0.39 is 0 Å². The SMILES string of the molecule is Cc1ccc2c(ccc3nccc(Cl)c32)n1. The smallest absolute Gasteiger partial charge is 0.0724 e. The lowest BCUT2D eigenvalue weighted by atomic mass is 10.1. The van der Waals surface area contributed by atoms with Crippen LogP contribution in [0.1, 0.15) is 5.69 Å². The molecule has 0 amide bonds. The van der Waals surface area contributed by atoms with Gasteiger partial charge in [0.2, 0.25) is 0 Å². The van der Waals surface area contributed by atoms with E-state index in [0.717, 1.165) is 32.5 Å². The fraction of sp³-hybridized carbons (Fsp3) is 0.0769. The number of hydrogen-bond acceptors (Lipinski definition) is 2. The zero-order valence-electron chi connectivity index (χ0n) is 8.74. The molecule has 0 saturated carbocycles.